The number of fused-ring (bicyclic) bond motifs is 1. The summed E-state index contributed by atoms with van der Waals surface area (Å²) in [5, 5.41) is 9.79. The van der Waals surface area contributed by atoms with Crippen LogP contribution in [0.2, 0.25) is 0 Å². The SMILES string of the molecule is COc1c(SC(=O)O)ccc2ccccc12. The normalized spacial score (nSPS) is 10.3. The van der Waals surface area contributed by atoms with Crippen LogP contribution in [0.1, 0.15) is 0 Å². The third-order valence-electron chi connectivity index (χ3n) is 2.24. The van der Waals surface area contributed by atoms with E-state index in [2.05, 4.69) is 0 Å². The zero-order chi connectivity index (χ0) is 11.5. The largest absolute Gasteiger partial charge is 0.495 e. The van der Waals surface area contributed by atoms with Crippen LogP contribution in [0.25, 0.3) is 10.8 Å². The molecule has 0 fully saturated rings. The number of methoxy groups -OCH3 is 1. The zero-order valence-electron chi connectivity index (χ0n) is 8.64. The smallest absolute Gasteiger partial charge is 0.369 e. The van der Waals surface area contributed by atoms with Gasteiger partial charge in [-0.15, -0.1) is 0 Å². The summed E-state index contributed by atoms with van der Waals surface area (Å²) in [6.07, 6.45) is 0. The van der Waals surface area contributed by atoms with E-state index in [4.69, 9.17) is 9.84 Å². The van der Waals surface area contributed by atoms with Crippen molar-refractivity contribution in [1.29, 1.82) is 0 Å². The molecule has 0 radical (unpaired) electrons. The Balaban J connectivity index is 2.63. The van der Waals surface area contributed by atoms with Gasteiger partial charge in [0.25, 0.3) is 0 Å². The lowest BCUT2D eigenvalue weighted by Gasteiger charge is -2.09. The third kappa shape index (κ3) is 1.97. The first-order valence-corrected chi connectivity index (χ1v) is 5.50. The van der Waals surface area contributed by atoms with Crippen LogP contribution in [-0.4, -0.2) is 17.5 Å². The predicted molar refractivity (Wildman–Crippen MR) is 64.4 cm³/mol. The monoisotopic (exact) mass is 234 g/mol. The van der Waals surface area contributed by atoms with Crippen LogP contribution < -0.4 is 4.74 Å². The van der Waals surface area contributed by atoms with Crippen LogP contribution in [-0.2, 0) is 0 Å². The Morgan fingerprint density at radius 1 is 1.25 bits per heavy atom. The average Bonchev–Trinajstić information content (AvgIpc) is 2.28. The van der Waals surface area contributed by atoms with Crippen molar-refractivity contribution in [3.05, 3.63) is 36.4 Å². The minimum Gasteiger partial charge on any atom is -0.495 e. The van der Waals surface area contributed by atoms with E-state index in [1.54, 1.807) is 13.2 Å². The maximum atomic E-state index is 10.7. The van der Waals surface area contributed by atoms with E-state index in [9.17, 15) is 4.79 Å². The number of carbonyl (C=O) groups is 1. The molecule has 0 amide bonds. The molecule has 3 nitrogen and oxygen atoms in total. The molecule has 0 saturated carbocycles. The quantitative estimate of drug-likeness (QED) is 0.806. The highest BCUT2D eigenvalue weighted by Crippen LogP contribution is 2.36. The Labute approximate surface area is 97.0 Å². The number of carboxylic acid groups (broad SMARTS) is 1. The first-order chi connectivity index (χ1) is 7.72. The first kappa shape index (κ1) is 10.8. The van der Waals surface area contributed by atoms with Crippen LogP contribution in [0.4, 0.5) is 4.79 Å². The summed E-state index contributed by atoms with van der Waals surface area (Å²) in [7, 11) is 1.55. The molecule has 16 heavy (non-hydrogen) atoms. The molecule has 0 bridgehead atoms. The zero-order valence-corrected chi connectivity index (χ0v) is 9.45. The van der Waals surface area contributed by atoms with Crippen molar-refractivity contribution in [2.75, 3.05) is 7.11 Å². The van der Waals surface area contributed by atoms with Crippen LogP contribution in [0.3, 0.4) is 0 Å². The topological polar surface area (TPSA) is 46.5 Å². The first-order valence-electron chi connectivity index (χ1n) is 4.69. The highest BCUT2D eigenvalue weighted by Gasteiger charge is 2.11. The molecule has 0 heterocycles. The second-order valence-electron chi connectivity index (χ2n) is 3.19. The molecule has 0 aliphatic carbocycles. The molecule has 0 unspecified atom stereocenters. The molecular formula is C12H10O3S. The summed E-state index contributed by atoms with van der Waals surface area (Å²) in [5.74, 6) is 0.616. The highest BCUT2D eigenvalue weighted by atomic mass is 32.2. The summed E-state index contributed by atoms with van der Waals surface area (Å²) in [4.78, 5) is 11.3. The maximum Gasteiger partial charge on any atom is 0.369 e. The van der Waals surface area contributed by atoms with Crippen LogP contribution >= 0.6 is 11.8 Å². The minimum atomic E-state index is -0.936. The van der Waals surface area contributed by atoms with E-state index >= 15 is 0 Å². The van der Waals surface area contributed by atoms with Crippen molar-refractivity contribution in [3.63, 3.8) is 0 Å². The predicted octanol–water partition coefficient (Wildman–Crippen LogP) is 3.62. The van der Waals surface area contributed by atoms with E-state index < -0.39 is 5.30 Å². The van der Waals surface area contributed by atoms with Crippen LogP contribution in [0, 0.1) is 0 Å². The molecule has 82 valence electrons. The Hall–Kier alpha value is -1.68. The Morgan fingerprint density at radius 3 is 2.69 bits per heavy atom. The van der Waals surface area contributed by atoms with Gasteiger partial charge in [-0.25, -0.2) is 4.79 Å². The van der Waals surface area contributed by atoms with Gasteiger partial charge in [-0.05, 0) is 23.2 Å². The molecule has 2 aromatic rings. The number of benzene rings is 2. The second kappa shape index (κ2) is 4.45. The average molecular weight is 234 g/mol. The number of thioether (sulfide) groups is 1. The van der Waals surface area contributed by atoms with Gasteiger partial charge in [-0.1, -0.05) is 30.3 Å². The van der Waals surface area contributed by atoms with Gasteiger partial charge in [0.15, 0.2) is 0 Å². The summed E-state index contributed by atoms with van der Waals surface area (Å²) in [6, 6.07) is 11.4. The Kier molecular flexibility index (Phi) is 3.01. The Bertz CT molecular complexity index is 537. The molecule has 4 heteroatoms. The number of hydrogen-bond acceptors (Lipinski definition) is 3. The minimum absolute atomic E-state index is 0.616. The fourth-order valence-electron chi connectivity index (χ4n) is 1.61. The van der Waals surface area contributed by atoms with E-state index in [1.165, 1.54) is 0 Å². The van der Waals surface area contributed by atoms with Crippen molar-refractivity contribution in [2.24, 2.45) is 0 Å². The number of ether oxygens (including phenoxy) is 1. The fraction of sp³-hybridized carbons (Fsp3) is 0.0833. The fourth-order valence-corrected chi connectivity index (χ4v) is 2.22. The van der Waals surface area contributed by atoms with E-state index in [-0.39, 0.29) is 0 Å². The molecule has 0 saturated heterocycles. The molecular weight excluding hydrogens is 224 g/mol. The van der Waals surface area contributed by atoms with Gasteiger partial charge in [0.1, 0.15) is 5.75 Å². The summed E-state index contributed by atoms with van der Waals surface area (Å²) in [5.41, 5.74) is 0. The van der Waals surface area contributed by atoms with E-state index in [0.717, 1.165) is 22.5 Å². The number of rotatable bonds is 2. The van der Waals surface area contributed by atoms with Crippen molar-refractivity contribution in [3.8, 4) is 5.75 Å². The van der Waals surface area contributed by atoms with Crippen molar-refractivity contribution in [2.45, 2.75) is 4.90 Å². The molecule has 0 aliphatic rings. The molecule has 1 N–H and O–H groups in total. The van der Waals surface area contributed by atoms with Crippen molar-refractivity contribution in [1.82, 2.24) is 0 Å². The third-order valence-corrected chi connectivity index (χ3v) is 2.96. The lowest BCUT2D eigenvalue weighted by molar-refractivity contribution is 0.222. The van der Waals surface area contributed by atoms with Gasteiger partial charge in [0.05, 0.1) is 12.0 Å². The van der Waals surface area contributed by atoms with Gasteiger partial charge >= 0.3 is 5.30 Å². The van der Waals surface area contributed by atoms with Crippen molar-refractivity contribution < 1.29 is 14.6 Å². The molecule has 0 aromatic heterocycles. The summed E-state index contributed by atoms with van der Waals surface area (Å²) < 4.78 is 5.28. The maximum absolute atomic E-state index is 10.7. The molecule has 2 rings (SSSR count). The lowest BCUT2D eigenvalue weighted by Crippen LogP contribution is -1.91. The van der Waals surface area contributed by atoms with Crippen LogP contribution in [0.15, 0.2) is 41.3 Å². The van der Waals surface area contributed by atoms with Gasteiger partial charge in [0.2, 0.25) is 0 Å². The van der Waals surface area contributed by atoms with Crippen LogP contribution in [0.5, 0.6) is 5.75 Å². The van der Waals surface area contributed by atoms with Crippen molar-refractivity contribution >= 4 is 27.8 Å². The second-order valence-corrected chi connectivity index (χ2v) is 4.18. The Morgan fingerprint density at radius 2 is 2.00 bits per heavy atom. The standard InChI is InChI=1S/C12H10O3S/c1-15-11-9-5-3-2-4-8(9)6-7-10(11)16-12(13)14/h2-7H,1H3,(H,13,14). The number of hydrogen-bond donors (Lipinski definition) is 1. The van der Waals surface area contributed by atoms with Gasteiger partial charge < -0.3 is 9.84 Å². The van der Waals surface area contributed by atoms with Gasteiger partial charge in [0, 0.05) is 5.39 Å². The highest BCUT2D eigenvalue weighted by molar-refractivity contribution is 8.13. The van der Waals surface area contributed by atoms with Gasteiger partial charge in [-0.3, -0.25) is 0 Å². The van der Waals surface area contributed by atoms with E-state index in [1.807, 2.05) is 30.3 Å². The molecule has 0 aliphatic heterocycles. The lowest BCUT2D eigenvalue weighted by atomic mass is 10.1. The van der Waals surface area contributed by atoms with Gasteiger partial charge in [-0.2, -0.15) is 0 Å². The molecule has 0 spiro atoms. The van der Waals surface area contributed by atoms with E-state index in [0.29, 0.717) is 10.6 Å². The molecule has 2 aromatic carbocycles. The molecule has 0 atom stereocenters. The summed E-state index contributed by atoms with van der Waals surface area (Å²) in [6.45, 7) is 0. The summed E-state index contributed by atoms with van der Waals surface area (Å²) >= 11 is 0.756.